The smallest absolute Gasteiger partial charge is 0.0153 e. The zero-order valence-electron chi connectivity index (χ0n) is 9.04. The van der Waals surface area contributed by atoms with Crippen molar-refractivity contribution in [3.8, 4) is 0 Å². The highest BCUT2D eigenvalue weighted by atomic mass is 15.0. The predicted molar refractivity (Wildman–Crippen MR) is 54.3 cm³/mol. The molecule has 0 aromatic carbocycles. The molecule has 0 bridgehead atoms. The van der Waals surface area contributed by atoms with Gasteiger partial charge in [-0.2, -0.15) is 0 Å². The minimum absolute atomic E-state index is 0.435. The van der Waals surface area contributed by atoms with E-state index in [1.807, 2.05) is 0 Å². The maximum atomic E-state index is 3.60. The van der Waals surface area contributed by atoms with Gasteiger partial charge in [-0.3, -0.25) is 0 Å². The van der Waals surface area contributed by atoms with Gasteiger partial charge in [-0.1, -0.05) is 20.8 Å². The van der Waals surface area contributed by atoms with E-state index in [9.17, 15) is 0 Å². The second-order valence-corrected chi connectivity index (χ2v) is 5.26. The molecular formula is C11H23N. The van der Waals surface area contributed by atoms with Crippen LogP contribution in [0.15, 0.2) is 0 Å². The molecule has 0 saturated heterocycles. The lowest BCUT2D eigenvalue weighted by Crippen LogP contribution is -2.46. The van der Waals surface area contributed by atoms with E-state index < -0.39 is 0 Å². The summed E-state index contributed by atoms with van der Waals surface area (Å²) in [5, 5.41) is 3.60. The second-order valence-electron chi connectivity index (χ2n) is 5.26. The minimum Gasteiger partial charge on any atom is -0.312 e. The predicted octanol–water partition coefficient (Wildman–Crippen LogP) is 2.95. The van der Waals surface area contributed by atoms with Gasteiger partial charge in [0.15, 0.2) is 0 Å². The summed E-state index contributed by atoms with van der Waals surface area (Å²) in [5.41, 5.74) is 1.03. The third-order valence-electron chi connectivity index (χ3n) is 3.31. The van der Waals surface area contributed by atoms with Crippen molar-refractivity contribution in [3.05, 3.63) is 0 Å². The Morgan fingerprint density at radius 3 is 1.92 bits per heavy atom. The van der Waals surface area contributed by atoms with Crippen molar-refractivity contribution >= 4 is 0 Å². The number of nitrogens with one attached hydrogen (secondary N) is 1. The summed E-state index contributed by atoms with van der Waals surface area (Å²) in [6.45, 7) is 10.4. The lowest BCUT2D eigenvalue weighted by atomic mass is 9.70. The molecule has 0 atom stereocenters. The standard InChI is InChI=1S/C11H23N/c1-5-12-11(4)8-6-10(2,3)7-9-11/h12H,5-9H2,1-4H3. The van der Waals surface area contributed by atoms with Crippen LogP contribution >= 0.6 is 0 Å². The highest BCUT2D eigenvalue weighted by molar-refractivity contribution is 4.91. The molecule has 0 spiro atoms. The molecule has 0 radical (unpaired) electrons. The van der Waals surface area contributed by atoms with Crippen LogP contribution in [-0.2, 0) is 0 Å². The van der Waals surface area contributed by atoms with E-state index in [-0.39, 0.29) is 0 Å². The summed E-state index contributed by atoms with van der Waals surface area (Å²) in [6.07, 6.45) is 5.43. The lowest BCUT2D eigenvalue weighted by molar-refractivity contribution is 0.149. The van der Waals surface area contributed by atoms with Gasteiger partial charge >= 0.3 is 0 Å². The van der Waals surface area contributed by atoms with Crippen molar-refractivity contribution in [1.82, 2.24) is 5.32 Å². The summed E-state index contributed by atoms with van der Waals surface area (Å²) in [7, 11) is 0. The summed E-state index contributed by atoms with van der Waals surface area (Å²) < 4.78 is 0. The first-order chi connectivity index (χ1) is 5.47. The van der Waals surface area contributed by atoms with Gasteiger partial charge in [0.25, 0.3) is 0 Å². The second kappa shape index (κ2) is 3.37. The van der Waals surface area contributed by atoms with Crippen LogP contribution in [0.3, 0.4) is 0 Å². The molecule has 1 aliphatic carbocycles. The Morgan fingerprint density at radius 2 is 1.50 bits per heavy atom. The molecule has 1 fully saturated rings. The normalized spacial score (nSPS) is 27.0. The fourth-order valence-electron chi connectivity index (χ4n) is 2.08. The van der Waals surface area contributed by atoms with Crippen LogP contribution in [0, 0.1) is 5.41 Å². The fourth-order valence-corrected chi connectivity index (χ4v) is 2.08. The Hall–Kier alpha value is -0.0400. The lowest BCUT2D eigenvalue weighted by Gasteiger charge is -2.42. The van der Waals surface area contributed by atoms with E-state index >= 15 is 0 Å². The van der Waals surface area contributed by atoms with Gasteiger partial charge in [-0.25, -0.2) is 0 Å². The van der Waals surface area contributed by atoms with Crippen LogP contribution in [-0.4, -0.2) is 12.1 Å². The molecule has 1 nitrogen and oxygen atoms in total. The van der Waals surface area contributed by atoms with Crippen LogP contribution < -0.4 is 5.32 Å². The van der Waals surface area contributed by atoms with Crippen LogP contribution in [0.5, 0.6) is 0 Å². The first-order valence-corrected chi connectivity index (χ1v) is 5.22. The molecule has 0 aromatic rings. The molecule has 1 aliphatic rings. The van der Waals surface area contributed by atoms with E-state index in [4.69, 9.17) is 0 Å². The van der Waals surface area contributed by atoms with Gasteiger partial charge in [0.05, 0.1) is 0 Å². The van der Waals surface area contributed by atoms with Crippen molar-refractivity contribution in [2.45, 2.75) is 58.9 Å². The van der Waals surface area contributed by atoms with E-state index in [0.717, 1.165) is 6.54 Å². The van der Waals surface area contributed by atoms with Crippen molar-refractivity contribution in [2.24, 2.45) is 5.41 Å². The quantitative estimate of drug-likeness (QED) is 0.670. The Kier molecular flexibility index (Phi) is 2.82. The first-order valence-electron chi connectivity index (χ1n) is 5.22. The van der Waals surface area contributed by atoms with Gasteiger partial charge in [-0.15, -0.1) is 0 Å². The maximum absolute atomic E-state index is 3.60. The average Bonchev–Trinajstić information content (AvgIpc) is 1.98. The van der Waals surface area contributed by atoms with E-state index in [1.54, 1.807) is 0 Å². The van der Waals surface area contributed by atoms with Gasteiger partial charge in [0, 0.05) is 5.54 Å². The van der Waals surface area contributed by atoms with Crippen LogP contribution in [0.2, 0.25) is 0 Å². The molecule has 1 rings (SSSR count). The molecule has 0 aliphatic heterocycles. The summed E-state index contributed by atoms with van der Waals surface area (Å²) in [4.78, 5) is 0. The number of hydrogen-bond acceptors (Lipinski definition) is 1. The third kappa shape index (κ3) is 2.48. The highest BCUT2D eigenvalue weighted by Crippen LogP contribution is 2.39. The monoisotopic (exact) mass is 169 g/mol. The van der Waals surface area contributed by atoms with E-state index in [0.29, 0.717) is 11.0 Å². The molecule has 12 heavy (non-hydrogen) atoms. The number of rotatable bonds is 2. The zero-order valence-corrected chi connectivity index (χ0v) is 9.04. The highest BCUT2D eigenvalue weighted by Gasteiger charge is 2.33. The molecule has 72 valence electrons. The zero-order chi connectivity index (χ0) is 9.24. The largest absolute Gasteiger partial charge is 0.312 e. The van der Waals surface area contributed by atoms with E-state index in [2.05, 4.69) is 33.0 Å². The van der Waals surface area contributed by atoms with Crippen LogP contribution in [0.1, 0.15) is 53.4 Å². The van der Waals surface area contributed by atoms with Gasteiger partial charge in [0.1, 0.15) is 0 Å². The minimum atomic E-state index is 0.435. The topological polar surface area (TPSA) is 12.0 Å². The average molecular weight is 169 g/mol. The Bertz CT molecular complexity index is 139. The molecule has 1 N–H and O–H groups in total. The Morgan fingerprint density at radius 1 is 1.00 bits per heavy atom. The summed E-state index contributed by atoms with van der Waals surface area (Å²) in [5.74, 6) is 0. The summed E-state index contributed by atoms with van der Waals surface area (Å²) in [6, 6.07) is 0. The van der Waals surface area contributed by atoms with Gasteiger partial charge in [-0.05, 0) is 44.6 Å². The van der Waals surface area contributed by atoms with Gasteiger partial charge in [0.2, 0.25) is 0 Å². The van der Waals surface area contributed by atoms with Crippen molar-refractivity contribution in [3.63, 3.8) is 0 Å². The van der Waals surface area contributed by atoms with Crippen LogP contribution in [0.4, 0.5) is 0 Å². The molecule has 1 heteroatoms. The molecule has 0 unspecified atom stereocenters. The third-order valence-corrected chi connectivity index (χ3v) is 3.31. The van der Waals surface area contributed by atoms with Crippen molar-refractivity contribution in [2.75, 3.05) is 6.54 Å². The fraction of sp³-hybridized carbons (Fsp3) is 1.00. The van der Waals surface area contributed by atoms with E-state index in [1.165, 1.54) is 25.7 Å². The van der Waals surface area contributed by atoms with Crippen LogP contribution in [0.25, 0.3) is 0 Å². The molecule has 0 aromatic heterocycles. The summed E-state index contributed by atoms with van der Waals surface area (Å²) >= 11 is 0. The number of hydrogen-bond donors (Lipinski definition) is 1. The Balaban J connectivity index is 2.44. The van der Waals surface area contributed by atoms with Crippen molar-refractivity contribution < 1.29 is 0 Å². The molecular weight excluding hydrogens is 146 g/mol. The van der Waals surface area contributed by atoms with Gasteiger partial charge < -0.3 is 5.32 Å². The SMILES string of the molecule is CCNC1(C)CCC(C)(C)CC1. The Labute approximate surface area is 76.9 Å². The van der Waals surface area contributed by atoms with Crippen molar-refractivity contribution in [1.29, 1.82) is 0 Å². The molecule has 0 heterocycles. The molecule has 0 amide bonds. The maximum Gasteiger partial charge on any atom is 0.0153 e. The first kappa shape index (κ1) is 10.0. The molecule has 1 saturated carbocycles.